The maximum atomic E-state index is 11.1. The first kappa shape index (κ1) is 27.8. The predicted octanol–water partition coefficient (Wildman–Crippen LogP) is 0.543. The summed E-state index contributed by atoms with van der Waals surface area (Å²) in [5.74, 6) is -4.65. The zero-order chi connectivity index (χ0) is 27.7. The largest absolute Gasteiger partial charge is 0.480 e. The van der Waals surface area contributed by atoms with Crippen molar-refractivity contribution in [2.45, 2.75) is 13.1 Å². The number of rotatable bonds is 14. The van der Waals surface area contributed by atoms with Crippen molar-refractivity contribution >= 4 is 23.9 Å². The van der Waals surface area contributed by atoms with Gasteiger partial charge in [-0.15, -0.1) is 0 Å². The summed E-state index contributed by atoms with van der Waals surface area (Å²) in [7, 11) is 0. The van der Waals surface area contributed by atoms with E-state index in [9.17, 15) is 19.2 Å². The fraction of sp³-hybridized carbons (Fsp3) is 0.250. The van der Waals surface area contributed by atoms with Crippen LogP contribution in [0.15, 0.2) is 48.8 Å². The molecule has 0 spiro atoms. The Morgan fingerprint density at radius 3 is 1.26 bits per heavy atom. The lowest BCUT2D eigenvalue weighted by molar-refractivity contribution is -0.144. The quantitative estimate of drug-likeness (QED) is 0.227. The third-order valence-electron chi connectivity index (χ3n) is 4.98. The van der Waals surface area contributed by atoms with Gasteiger partial charge in [-0.2, -0.15) is 0 Å². The van der Waals surface area contributed by atoms with Gasteiger partial charge in [-0.3, -0.25) is 34.0 Å². The fourth-order valence-corrected chi connectivity index (χ4v) is 3.59. The van der Waals surface area contributed by atoms with Crippen LogP contribution in [0.3, 0.4) is 0 Å². The van der Waals surface area contributed by atoms with Crippen LogP contribution in [0.25, 0.3) is 22.8 Å². The maximum absolute atomic E-state index is 11.1. The molecule has 0 fully saturated rings. The first-order valence-electron chi connectivity index (χ1n) is 11.2. The maximum Gasteiger partial charge on any atom is 0.317 e. The Labute approximate surface area is 215 Å². The lowest BCUT2D eigenvalue weighted by Crippen LogP contribution is -2.34. The summed E-state index contributed by atoms with van der Waals surface area (Å²) in [5, 5.41) is 36.2. The summed E-state index contributed by atoms with van der Waals surface area (Å²) in [6, 6.07) is 10.0. The number of carbonyl (C=O) groups is 4. The van der Waals surface area contributed by atoms with Crippen molar-refractivity contribution in [1.29, 1.82) is 0 Å². The molecule has 14 nitrogen and oxygen atoms in total. The molecular weight excluding hydrogens is 500 g/mol. The minimum atomic E-state index is -1.16. The van der Waals surface area contributed by atoms with Crippen molar-refractivity contribution in [1.82, 2.24) is 29.7 Å². The van der Waals surface area contributed by atoms with Crippen molar-refractivity contribution in [3.8, 4) is 22.8 Å². The number of pyridine rings is 2. The molecular formula is C24H24N6O8. The highest BCUT2D eigenvalue weighted by atomic mass is 16.4. The molecule has 0 saturated carbocycles. The van der Waals surface area contributed by atoms with Crippen LogP contribution in [-0.2, 0) is 32.3 Å². The Kier molecular flexibility index (Phi) is 9.45. The molecule has 198 valence electrons. The number of nitrogens with zero attached hydrogens (tertiary/aromatic N) is 6. The average Bonchev–Trinajstić information content (AvgIpc) is 2.83. The summed E-state index contributed by atoms with van der Waals surface area (Å²) < 4.78 is 0. The molecule has 38 heavy (non-hydrogen) atoms. The molecule has 3 heterocycles. The molecule has 0 saturated heterocycles. The van der Waals surface area contributed by atoms with Crippen LogP contribution in [0.4, 0.5) is 0 Å². The molecule has 0 aliphatic heterocycles. The van der Waals surface area contributed by atoms with Gasteiger partial charge >= 0.3 is 23.9 Å². The van der Waals surface area contributed by atoms with Gasteiger partial charge in [0, 0.05) is 13.1 Å². The standard InChI is InChI=1S/C24H24N6O8/c31-21(32)11-29(12-22(33)34)9-15-3-1-5-17(26-15)19-7-25-8-20(28-19)18-6-2-4-16(27-18)10-30(13-23(35)36)14-24(37)38/h1-8H,9-14H2,(H,31,32)(H,33,34)(H,35,36)(H,37,38). The van der Waals surface area contributed by atoms with E-state index in [1.807, 2.05) is 0 Å². The second kappa shape index (κ2) is 12.9. The topological polar surface area (TPSA) is 207 Å². The Bertz CT molecular complexity index is 1210. The molecule has 0 radical (unpaired) electrons. The zero-order valence-electron chi connectivity index (χ0n) is 20.0. The molecule has 4 N–H and O–H groups in total. The van der Waals surface area contributed by atoms with Crippen LogP contribution in [0.1, 0.15) is 11.4 Å². The summed E-state index contributed by atoms with van der Waals surface area (Å²) in [6.45, 7) is -1.88. The van der Waals surface area contributed by atoms with Gasteiger partial charge in [-0.05, 0) is 24.3 Å². The minimum absolute atomic E-state index is 0.00759. The molecule has 3 aromatic rings. The number of hydrogen-bond acceptors (Lipinski definition) is 10. The molecule has 0 aromatic carbocycles. The summed E-state index contributed by atoms with van der Waals surface area (Å²) in [6.07, 6.45) is 2.96. The van der Waals surface area contributed by atoms with Crippen LogP contribution in [0.2, 0.25) is 0 Å². The van der Waals surface area contributed by atoms with Crippen LogP contribution in [-0.4, -0.2) is 100 Å². The number of aliphatic carboxylic acids is 4. The zero-order valence-corrected chi connectivity index (χ0v) is 20.0. The van der Waals surface area contributed by atoms with Crippen molar-refractivity contribution in [2.24, 2.45) is 0 Å². The molecule has 0 aliphatic rings. The van der Waals surface area contributed by atoms with Crippen LogP contribution >= 0.6 is 0 Å². The highest BCUT2D eigenvalue weighted by Gasteiger charge is 2.17. The van der Waals surface area contributed by atoms with Crippen LogP contribution in [0.5, 0.6) is 0 Å². The number of aromatic nitrogens is 4. The number of carboxylic acids is 4. The van der Waals surface area contributed by atoms with Crippen molar-refractivity contribution < 1.29 is 39.6 Å². The molecule has 3 rings (SSSR count). The van der Waals surface area contributed by atoms with Crippen molar-refractivity contribution in [3.05, 3.63) is 60.2 Å². The van der Waals surface area contributed by atoms with Gasteiger partial charge in [0.2, 0.25) is 0 Å². The Balaban J connectivity index is 1.83. The van der Waals surface area contributed by atoms with E-state index in [1.54, 1.807) is 36.4 Å². The number of carboxylic acid groups (broad SMARTS) is 4. The van der Waals surface area contributed by atoms with Gasteiger partial charge in [-0.1, -0.05) is 12.1 Å². The van der Waals surface area contributed by atoms with Gasteiger partial charge in [0.15, 0.2) is 0 Å². The van der Waals surface area contributed by atoms with Gasteiger partial charge < -0.3 is 20.4 Å². The molecule has 0 amide bonds. The predicted molar refractivity (Wildman–Crippen MR) is 130 cm³/mol. The molecule has 0 bridgehead atoms. The van der Waals surface area contributed by atoms with Gasteiger partial charge in [0.25, 0.3) is 0 Å². The van der Waals surface area contributed by atoms with E-state index in [0.29, 0.717) is 34.2 Å². The fourth-order valence-electron chi connectivity index (χ4n) is 3.59. The molecule has 0 atom stereocenters. The molecule has 3 aromatic heterocycles. The van der Waals surface area contributed by atoms with E-state index in [-0.39, 0.29) is 13.1 Å². The minimum Gasteiger partial charge on any atom is -0.480 e. The Hall–Kier alpha value is -4.82. The Morgan fingerprint density at radius 2 is 0.921 bits per heavy atom. The van der Waals surface area contributed by atoms with Gasteiger partial charge in [0.1, 0.15) is 11.4 Å². The molecule has 14 heteroatoms. The van der Waals surface area contributed by atoms with Crippen LogP contribution in [0, 0.1) is 0 Å². The highest BCUT2D eigenvalue weighted by Crippen LogP contribution is 2.20. The van der Waals surface area contributed by atoms with E-state index < -0.39 is 50.1 Å². The first-order chi connectivity index (χ1) is 18.1. The Morgan fingerprint density at radius 1 is 0.553 bits per heavy atom. The van der Waals surface area contributed by atoms with E-state index in [0.717, 1.165) is 0 Å². The van der Waals surface area contributed by atoms with E-state index >= 15 is 0 Å². The monoisotopic (exact) mass is 524 g/mol. The SMILES string of the molecule is O=C(O)CN(CC(=O)O)Cc1cccc(-c2cncc(-c3cccc(CN(CC(=O)O)CC(=O)O)n3)n2)n1. The second-order valence-corrected chi connectivity index (χ2v) is 8.18. The highest BCUT2D eigenvalue weighted by molar-refractivity contribution is 5.73. The smallest absolute Gasteiger partial charge is 0.317 e. The van der Waals surface area contributed by atoms with Crippen LogP contribution < -0.4 is 0 Å². The van der Waals surface area contributed by atoms with Gasteiger partial charge in [-0.25, -0.2) is 15.0 Å². The van der Waals surface area contributed by atoms with E-state index in [1.165, 1.54) is 22.2 Å². The summed E-state index contributed by atoms with van der Waals surface area (Å²) in [5.41, 5.74) is 2.50. The van der Waals surface area contributed by atoms with Gasteiger partial charge in [0.05, 0.1) is 61.3 Å². The second-order valence-electron chi connectivity index (χ2n) is 8.18. The number of hydrogen-bond donors (Lipinski definition) is 4. The third-order valence-corrected chi connectivity index (χ3v) is 4.98. The van der Waals surface area contributed by atoms with E-state index in [2.05, 4.69) is 19.9 Å². The van der Waals surface area contributed by atoms with Crippen molar-refractivity contribution in [3.63, 3.8) is 0 Å². The molecule has 0 unspecified atom stereocenters. The third kappa shape index (κ3) is 8.69. The van der Waals surface area contributed by atoms with Crippen molar-refractivity contribution in [2.75, 3.05) is 26.2 Å². The lowest BCUT2D eigenvalue weighted by Gasteiger charge is -2.18. The van der Waals surface area contributed by atoms with E-state index in [4.69, 9.17) is 20.4 Å². The lowest BCUT2D eigenvalue weighted by atomic mass is 10.2. The first-order valence-corrected chi connectivity index (χ1v) is 11.2. The summed E-state index contributed by atoms with van der Waals surface area (Å²) >= 11 is 0. The average molecular weight is 524 g/mol. The normalized spacial score (nSPS) is 11.0. The summed E-state index contributed by atoms with van der Waals surface area (Å²) in [4.78, 5) is 64.5. The molecule has 0 aliphatic carbocycles.